The van der Waals surface area contributed by atoms with E-state index in [1.807, 2.05) is 6.92 Å². The number of hydrogen-bond acceptors (Lipinski definition) is 8. The molecule has 0 spiro atoms. The SMILES string of the molecule is CCSc1nnc(NC(=O)c2ccc(OC[C@H]3CCCO3)nc2)s1. The molecule has 3 rings (SSSR count). The van der Waals surface area contributed by atoms with Gasteiger partial charge in [0.1, 0.15) is 6.61 Å². The zero-order chi connectivity index (χ0) is 16.8. The number of carbonyl (C=O) groups is 1. The maximum absolute atomic E-state index is 12.2. The monoisotopic (exact) mass is 366 g/mol. The van der Waals surface area contributed by atoms with Crippen LogP contribution in [0.15, 0.2) is 22.7 Å². The van der Waals surface area contributed by atoms with E-state index in [2.05, 4.69) is 20.5 Å². The van der Waals surface area contributed by atoms with E-state index in [4.69, 9.17) is 9.47 Å². The molecule has 7 nitrogen and oxygen atoms in total. The van der Waals surface area contributed by atoms with Crippen molar-refractivity contribution in [3.05, 3.63) is 23.9 Å². The van der Waals surface area contributed by atoms with Crippen LogP contribution in [-0.2, 0) is 4.74 Å². The standard InChI is InChI=1S/C15H18N4O3S2/c1-2-23-15-19-18-14(24-15)17-13(20)10-5-6-12(16-8-10)22-9-11-4-3-7-21-11/h5-6,8,11H,2-4,7,9H2,1H3,(H,17,18,20)/t11-/m1/s1. The molecule has 128 valence electrons. The van der Waals surface area contributed by atoms with Crippen molar-refractivity contribution in [2.75, 3.05) is 24.3 Å². The minimum Gasteiger partial charge on any atom is -0.475 e. The third kappa shape index (κ3) is 4.65. The van der Waals surface area contributed by atoms with E-state index in [0.717, 1.165) is 29.5 Å². The number of anilines is 1. The molecule has 0 unspecified atom stereocenters. The number of amides is 1. The molecule has 1 N–H and O–H groups in total. The number of nitrogens with one attached hydrogen (secondary N) is 1. The number of ether oxygens (including phenoxy) is 2. The van der Waals surface area contributed by atoms with Crippen molar-refractivity contribution in [1.82, 2.24) is 15.2 Å². The number of hydrogen-bond donors (Lipinski definition) is 1. The van der Waals surface area contributed by atoms with E-state index in [-0.39, 0.29) is 12.0 Å². The van der Waals surface area contributed by atoms with Crippen LogP contribution in [0.1, 0.15) is 30.1 Å². The molecule has 0 saturated carbocycles. The number of pyridine rings is 1. The molecule has 1 saturated heterocycles. The largest absolute Gasteiger partial charge is 0.475 e. The molecule has 0 bridgehead atoms. The van der Waals surface area contributed by atoms with Gasteiger partial charge in [-0.15, -0.1) is 10.2 Å². The summed E-state index contributed by atoms with van der Waals surface area (Å²) < 4.78 is 11.9. The van der Waals surface area contributed by atoms with Gasteiger partial charge in [-0.05, 0) is 24.7 Å². The fraction of sp³-hybridized carbons (Fsp3) is 0.467. The first kappa shape index (κ1) is 17.1. The minimum absolute atomic E-state index is 0.141. The lowest BCUT2D eigenvalue weighted by Gasteiger charge is -2.10. The Morgan fingerprint density at radius 2 is 2.42 bits per heavy atom. The predicted octanol–water partition coefficient (Wildman–Crippen LogP) is 2.86. The molecule has 0 radical (unpaired) electrons. The maximum Gasteiger partial charge on any atom is 0.259 e. The molecular formula is C15H18N4O3S2. The van der Waals surface area contributed by atoms with Gasteiger partial charge in [-0.1, -0.05) is 30.0 Å². The Bertz CT molecular complexity index is 672. The summed E-state index contributed by atoms with van der Waals surface area (Å²) in [7, 11) is 0. The van der Waals surface area contributed by atoms with E-state index >= 15 is 0 Å². The Hall–Kier alpha value is -1.71. The molecule has 2 aromatic rings. The highest BCUT2D eigenvalue weighted by atomic mass is 32.2. The van der Waals surface area contributed by atoms with Gasteiger partial charge in [0.25, 0.3) is 5.91 Å². The van der Waals surface area contributed by atoms with E-state index in [1.165, 1.54) is 17.5 Å². The lowest BCUT2D eigenvalue weighted by Crippen LogP contribution is -2.17. The first-order valence-electron chi connectivity index (χ1n) is 7.72. The zero-order valence-corrected chi connectivity index (χ0v) is 14.9. The summed E-state index contributed by atoms with van der Waals surface area (Å²) in [6.07, 6.45) is 3.72. The van der Waals surface area contributed by atoms with Crippen molar-refractivity contribution in [2.24, 2.45) is 0 Å². The molecule has 1 fully saturated rings. The second-order valence-corrected chi connectivity index (χ2v) is 7.58. The first-order valence-corrected chi connectivity index (χ1v) is 9.53. The van der Waals surface area contributed by atoms with Crippen molar-refractivity contribution in [3.8, 4) is 5.88 Å². The quantitative estimate of drug-likeness (QED) is 0.595. The second-order valence-electron chi connectivity index (χ2n) is 5.09. The van der Waals surface area contributed by atoms with E-state index in [0.29, 0.717) is 23.2 Å². The van der Waals surface area contributed by atoms with Crippen molar-refractivity contribution < 1.29 is 14.3 Å². The van der Waals surface area contributed by atoms with Gasteiger partial charge in [0.2, 0.25) is 11.0 Å². The lowest BCUT2D eigenvalue weighted by molar-refractivity contribution is 0.0663. The molecule has 24 heavy (non-hydrogen) atoms. The summed E-state index contributed by atoms with van der Waals surface area (Å²) in [5.74, 6) is 1.14. The van der Waals surface area contributed by atoms with Gasteiger partial charge in [0.05, 0.1) is 11.7 Å². The van der Waals surface area contributed by atoms with Gasteiger partial charge >= 0.3 is 0 Å². The average Bonchev–Trinajstić information content (AvgIpc) is 3.26. The van der Waals surface area contributed by atoms with Gasteiger partial charge in [-0.25, -0.2) is 4.98 Å². The van der Waals surface area contributed by atoms with Crippen LogP contribution in [0.4, 0.5) is 5.13 Å². The zero-order valence-electron chi connectivity index (χ0n) is 13.2. The fourth-order valence-corrected chi connectivity index (χ4v) is 3.81. The second kappa shape index (κ2) is 8.41. The highest BCUT2D eigenvalue weighted by molar-refractivity contribution is 8.01. The van der Waals surface area contributed by atoms with Gasteiger partial charge in [-0.3, -0.25) is 10.1 Å². The summed E-state index contributed by atoms with van der Waals surface area (Å²) in [4.78, 5) is 16.3. The van der Waals surface area contributed by atoms with Crippen molar-refractivity contribution >= 4 is 34.1 Å². The number of rotatable bonds is 7. The molecule has 9 heteroatoms. The van der Waals surface area contributed by atoms with Crippen LogP contribution in [-0.4, -0.2) is 46.2 Å². The third-order valence-electron chi connectivity index (χ3n) is 3.33. The molecule has 0 aromatic carbocycles. The summed E-state index contributed by atoms with van der Waals surface area (Å²) in [5.41, 5.74) is 0.444. The van der Waals surface area contributed by atoms with E-state index in [1.54, 1.807) is 23.9 Å². The number of carbonyl (C=O) groups excluding carboxylic acids is 1. The topological polar surface area (TPSA) is 86.2 Å². The highest BCUT2D eigenvalue weighted by Crippen LogP contribution is 2.25. The third-order valence-corrected chi connectivity index (χ3v) is 5.19. The smallest absolute Gasteiger partial charge is 0.259 e. The molecule has 2 aromatic heterocycles. The molecular weight excluding hydrogens is 348 g/mol. The Balaban J connectivity index is 1.52. The van der Waals surface area contributed by atoms with Crippen molar-refractivity contribution in [1.29, 1.82) is 0 Å². The van der Waals surface area contributed by atoms with Gasteiger partial charge in [0, 0.05) is 18.9 Å². The lowest BCUT2D eigenvalue weighted by atomic mass is 10.2. The molecule has 1 aliphatic rings. The van der Waals surface area contributed by atoms with Gasteiger partial charge in [-0.2, -0.15) is 0 Å². The van der Waals surface area contributed by atoms with Crippen LogP contribution in [0.5, 0.6) is 5.88 Å². The highest BCUT2D eigenvalue weighted by Gasteiger charge is 2.16. The van der Waals surface area contributed by atoms with Crippen molar-refractivity contribution in [2.45, 2.75) is 30.2 Å². The summed E-state index contributed by atoms with van der Waals surface area (Å²) in [5, 5.41) is 11.2. The van der Waals surface area contributed by atoms with E-state index in [9.17, 15) is 4.79 Å². The van der Waals surface area contributed by atoms with E-state index < -0.39 is 0 Å². The van der Waals surface area contributed by atoms with Crippen LogP contribution >= 0.6 is 23.1 Å². The van der Waals surface area contributed by atoms with Crippen LogP contribution in [0, 0.1) is 0 Å². The van der Waals surface area contributed by atoms with Crippen LogP contribution < -0.4 is 10.1 Å². The Kier molecular flexibility index (Phi) is 6.00. The first-order chi connectivity index (χ1) is 11.7. The van der Waals surface area contributed by atoms with Gasteiger partial charge < -0.3 is 9.47 Å². The summed E-state index contributed by atoms with van der Waals surface area (Å²) in [6.45, 7) is 3.32. The Labute approximate surface area is 148 Å². The molecule has 3 heterocycles. The Morgan fingerprint density at radius 1 is 1.50 bits per heavy atom. The molecule has 1 aliphatic heterocycles. The van der Waals surface area contributed by atoms with Crippen LogP contribution in [0.2, 0.25) is 0 Å². The van der Waals surface area contributed by atoms with Crippen LogP contribution in [0.3, 0.4) is 0 Å². The van der Waals surface area contributed by atoms with Gasteiger partial charge in [0.15, 0.2) is 4.34 Å². The normalized spacial score (nSPS) is 17.0. The fourth-order valence-electron chi connectivity index (χ4n) is 2.17. The number of thioether (sulfide) groups is 1. The number of nitrogens with zero attached hydrogens (tertiary/aromatic N) is 3. The van der Waals surface area contributed by atoms with Crippen molar-refractivity contribution in [3.63, 3.8) is 0 Å². The predicted molar refractivity (Wildman–Crippen MR) is 93.0 cm³/mol. The molecule has 1 amide bonds. The summed E-state index contributed by atoms with van der Waals surface area (Å²) in [6, 6.07) is 3.36. The molecule has 0 aliphatic carbocycles. The summed E-state index contributed by atoms with van der Waals surface area (Å²) >= 11 is 2.95. The average molecular weight is 366 g/mol. The Morgan fingerprint density at radius 3 is 3.12 bits per heavy atom. The number of aromatic nitrogens is 3. The maximum atomic E-state index is 12.2. The molecule has 1 atom stereocenters. The minimum atomic E-state index is -0.266. The van der Waals surface area contributed by atoms with Crippen LogP contribution in [0.25, 0.3) is 0 Å².